The summed E-state index contributed by atoms with van der Waals surface area (Å²) in [6.45, 7) is 7.36. The van der Waals surface area contributed by atoms with Gasteiger partial charge < -0.3 is 20.3 Å². The monoisotopic (exact) mass is 440 g/mol. The molecule has 1 heterocycles. The molecule has 1 fully saturated rings. The smallest absolute Gasteiger partial charge is 0.305 e. The van der Waals surface area contributed by atoms with Gasteiger partial charge in [0, 0.05) is 32.6 Å². The summed E-state index contributed by atoms with van der Waals surface area (Å²) in [4.78, 5) is 29.3. The fraction of sp³-hybridized carbons (Fsp3) is 0.800. The van der Waals surface area contributed by atoms with Gasteiger partial charge in [0.15, 0.2) is 5.96 Å². The third kappa shape index (κ3) is 9.62. The molecule has 0 spiro atoms. The van der Waals surface area contributed by atoms with E-state index in [9.17, 15) is 9.59 Å². The van der Waals surface area contributed by atoms with Gasteiger partial charge >= 0.3 is 5.97 Å². The largest absolute Gasteiger partial charge is 0.466 e. The van der Waals surface area contributed by atoms with Crippen LogP contribution in [0, 0.1) is 0 Å². The molecule has 0 aromatic heterocycles. The van der Waals surface area contributed by atoms with Crippen molar-refractivity contribution < 1.29 is 14.3 Å². The number of carbonyl (C=O) groups is 2. The Kier molecular flexibility index (Phi) is 12.8. The molecule has 0 radical (unpaired) electrons. The van der Waals surface area contributed by atoms with Gasteiger partial charge in [0.2, 0.25) is 5.91 Å². The molecule has 0 aromatic carbocycles. The molecule has 0 saturated carbocycles. The Balaban J connectivity index is 0.00000484. The fourth-order valence-electron chi connectivity index (χ4n) is 2.23. The van der Waals surface area contributed by atoms with Gasteiger partial charge in [-0.3, -0.25) is 9.59 Å². The number of carbonyl (C=O) groups excluding carboxylic acids is 2. The lowest BCUT2D eigenvalue weighted by atomic mass is 10.3. The van der Waals surface area contributed by atoms with Crippen LogP contribution in [-0.4, -0.2) is 62.1 Å². The maximum atomic E-state index is 11.9. The van der Waals surface area contributed by atoms with Crippen LogP contribution in [0.25, 0.3) is 0 Å². The van der Waals surface area contributed by atoms with E-state index in [4.69, 9.17) is 4.74 Å². The summed E-state index contributed by atoms with van der Waals surface area (Å²) in [7, 11) is 0. The summed E-state index contributed by atoms with van der Waals surface area (Å²) >= 11 is 0. The molecule has 0 unspecified atom stereocenters. The average molecular weight is 440 g/mol. The zero-order chi connectivity index (χ0) is 16.2. The molecular formula is C15H29IN4O3. The number of likely N-dealkylation sites (tertiary alicyclic amines) is 1. The van der Waals surface area contributed by atoms with Crippen molar-refractivity contribution in [2.45, 2.75) is 39.5 Å². The van der Waals surface area contributed by atoms with Crippen molar-refractivity contribution in [1.29, 1.82) is 0 Å². The van der Waals surface area contributed by atoms with Crippen LogP contribution in [0.4, 0.5) is 0 Å². The summed E-state index contributed by atoms with van der Waals surface area (Å²) in [5.74, 6) is 0.496. The lowest BCUT2D eigenvalue weighted by molar-refractivity contribution is -0.143. The number of esters is 1. The Bertz CT molecular complexity index is 385. The van der Waals surface area contributed by atoms with Gasteiger partial charge in [-0.05, 0) is 33.1 Å². The standard InChI is InChI=1S/C15H28N4O3.HI/c1-3-16-15(17-9-7-8-14(21)22-4-2)18-12-13(20)19-10-5-6-11-19;/h3-12H2,1-2H3,(H2,16,17,18);1H. The van der Waals surface area contributed by atoms with Crippen LogP contribution in [0.5, 0.6) is 0 Å². The molecule has 134 valence electrons. The summed E-state index contributed by atoms with van der Waals surface area (Å²) in [6.07, 6.45) is 3.22. The normalized spacial score (nSPS) is 14.2. The van der Waals surface area contributed by atoms with Crippen molar-refractivity contribution >= 4 is 41.8 Å². The SMILES string of the molecule is CCNC(=NCC(=O)N1CCCC1)NCCCC(=O)OCC.I. The Morgan fingerprint density at radius 1 is 1.17 bits per heavy atom. The quantitative estimate of drug-likeness (QED) is 0.194. The topological polar surface area (TPSA) is 83.0 Å². The van der Waals surface area contributed by atoms with Crippen molar-refractivity contribution in [3.05, 3.63) is 0 Å². The van der Waals surface area contributed by atoms with Crippen LogP contribution >= 0.6 is 24.0 Å². The van der Waals surface area contributed by atoms with E-state index in [0.29, 0.717) is 32.0 Å². The van der Waals surface area contributed by atoms with Gasteiger partial charge in [-0.15, -0.1) is 24.0 Å². The number of nitrogens with zero attached hydrogens (tertiary/aromatic N) is 2. The van der Waals surface area contributed by atoms with Gasteiger partial charge in [-0.25, -0.2) is 4.99 Å². The number of amides is 1. The van der Waals surface area contributed by atoms with E-state index >= 15 is 0 Å². The average Bonchev–Trinajstić information content (AvgIpc) is 3.03. The summed E-state index contributed by atoms with van der Waals surface area (Å²) < 4.78 is 4.87. The molecule has 1 amide bonds. The lowest BCUT2D eigenvalue weighted by Gasteiger charge is -2.15. The molecular weight excluding hydrogens is 411 g/mol. The van der Waals surface area contributed by atoms with Crippen LogP contribution in [-0.2, 0) is 14.3 Å². The molecule has 2 N–H and O–H groups in total. The van der Waals surface area contributed by atoms with Crippen molar-refractivity contribution in [2.75, 3.05) is 39.3 Å². The predicted octanol–water partition coefficient (Wildman–Crippen LogP) is 1.13. The van der Waals surface area contributed by atoms with Crippen molar-refractivity contribution in [3.63, 3.8) is 0 Å². The van der Waals surface area contributed by atoms with E-state index in [-0.39, 0.29) is 42.4 Å². The highest BCUT2D eigenvalue weighted by molar-refractivity contribution is 14.0. The lowest BCUT2D eigenvalue weighted by Crippen LogP contribution is -2.39. The second-order valence-electron chi connectivity index (χ2n) is 5.12. The number of rotatable bonds is 8. The van der Waals surface area contributed by atoms with Gasteiger partial charge in [0.25, 0.3) is 0 Å². The summed E-state index contributed by atoms with van der Waals surface area (Å²) in [5, 5.41) is 6.22. The van der Waals surface area contributed by atoms with Gasteiger partial charge in [-0.2, -0.15) is 0 Å². The molecule has 1 saturated heterocycles. The molecule has 1 aliphatic heterocycles. The molecule has 7 nitrogen and oxygen atoms in total. The van der Waals surface area contributed by atoms with Crippen LogP contribution in [0.15, 0.2) is 4.99 Å². The van der Waals surface area contributed by atoms with Gasteiger partial charge in [0.1, 0.15) is 6.54 Å². The van der Waals surface area contributed by atoms with E-state index in [1.807, 2.05) is 11.8 Å². The Morgan fingerprint density at radius 2 is 1.87 bits per heavy atom. The van der Waals surface area contributed by atoms with Crippen LogP contribution < -0.4 is 10.6 Å². The van der Waals surface area contributed by atoms with E-state index in [1.54, 1.807) is 6.92 Å². The number of halogens is 1. The maximum absolute atomic E-state index is 11.9. The highest BCUT2D eigenvalue weighted by Gasteiger charge is 2.17. The minimum absolute atomic E-state index is 0. The highest BCUT2D eigenvalue weighted by Crippen LogP contribution is 2.07. The van der Waals surface area contributed by atoms with E-state index in [1.165, 1.54) is 0 Å². The third-order valence-electron chi connectivity index (χ3n) is 3.33. The third-order valence-corrected chi connectivity index (χ3v) is 3.33. The summed E-state index contributed by atoms with van der Waals surface area (Å²) in [6, 6.07) is 0. The molecule has 1 rings (SSSR count). The Morgan fingerprint density at radius 3 is 2.48 bits per heavy atom. The van der Waals surface area contributed by atoms with Crippen LogP contribution in [0.1, 0.15) is 39.5 Å². The number of hydrogen-bond donors (Lipinski definition) is 2. The second kappa shape index (κ2) is 13.4. The van der Waals surface area contributed by atoms with Crippen LogP contribution in [0.2, 0.25) is 0 Å². The van der Waals surface area contributed by atoms with Gasteiger partial charge in [-0.1, -0.05) is 0 Å². The number of guanidine groups is 1. The van der Waals surface area contributed by atoms with Gasteiger partial charge in [0.05, 0.1) is 6.61 Å². The first kappa shape index (κ1) is 21.9. The molecule has 8 heteroatoms. The van der Waals surface area contributed by atoms with E-state index < -0.39 is 0 Å². The predicted molar refractivity (Wildman–Crippen MR) is 101 cm³/mol. The van der Waals surface area contributed by atoms with E-state index in [0.717, 1.165) is 32.5 Å². The Hall–Kier alpha value is -1.06. The first-order chi connectivity index (χ1) is 10.7. The van der Waals surface area contributed by atoms with Crippen molar-refractivity contribution in [3.8, 4) is 0 Å². The van der Waals surface area contributed by atoms with Crippen LogP contribution in [0.3, 0.4) is 0 Å². The molecule has 0 aliphatic carbocycles. The maximum Gasteiger partial charge on any atom is 0.305 e. The zero-order valence-electron chi connectivity index (χ0n) is 14.1. The molecule has 23 heavy (non-hydrogen) atoms. The molecule has 0 bridgehead atoms. The highest BCUT2D eigenvalue weighted by atomic mass is 127. The summed E-state index contributed by atoms with van der Waals surface area (Å²) in [5.41, 5.74) is 0. The number of nitrogens with one attached hydrogen (secondary N) is 2. The zero-order valence-corrected chi connectivity index (χ0v) is 16.4. The van der Waals surface area contributed by atoms with E-state index in [2.05, 4.69) is 15.6 Å². The number of hydrogen-bond acceptors (Lipinski definition) is 4. The second-order valence-corrected chi connectivity index (χ2v) is 5.12. The minimum atomic E-state index is -0.185. The molecule has 1 aliphatic rings. The number of aliphatic imine (C=N–C) groups is 1. The first-order valence-electron chi connectivity index (χ1n) is 8.13. The fourth-order valence-corrected chi connectivity index (χ4v) is 2.23. The Labute approximate surface area is 155 Å². The van der Waals surface area contributed by atoms with Crippen molar-refractivity contribution in [2.24, 2.45) is 4.99 Å². The minimum Gasteiger partial charge on any atom is -0.466 e. The first-order valence-corrected chi connectivity index (χ1v) is 8.13. The molecule has 0 atom stereocenters. The van der Waals surface area contributed by atoms with Crippen molar-refractivity contribution in [1.82, 2.24) is 15.5 Å². The number of ether oxygens (including phenoxy) is 1. The molecule has 0 aromatic rings.